The fraction of sp³-hybridized carbons (Fsp3) is 0.833. The third-order valence-electron chi connectivity index (χ3n) is 3.53. The predicted octanol–water partition coefficient (Wildman–Crippen LogP) is -1.13. The van der Waals surface area contributed by atoms with Gasteiger partial charge in [-0.2, -0.15) is 0 Å². The van der Waals surface area contributed by atoms with E-state index in [1.54, 1.807) is 7.05 Å². The number of hydrogen-bond donors (Lipinski definition) is 2. The van der Waals surface area contributed by atoms with Crippen molar-refractivity contribution < 1.29 is 9.59 Å². The molecule has 104 valence electrons. The summed E-state index contributed by atoms with van der Waals surface area (Å²) >= 11 is 0. The number of nitrogens with zero attached hydrogens (tertiary/aromatic N) is 2. The number of rotatable bonds is 4. The fourth-order valence-electron chi connectivity index (χ4n) is 2.10. The maximum Gasteiger partial charge on any atom is 0.238 e. The largest absolute Gasteiger partial charge is 0.359 e. The predicted molar refractivity (Wildman–Crippen MR) is 70.2 cm³/mol. The lowest BCUT2D eigenvalue weighted by molar-refractivity contribution is -0.128. The van der Waals surface area contributed by atoms with Gasteiger partial charge in [-0.05, 0) is 21.0 Å². The van der Waals surface area contributed by atoms with Crippen LogP contribution < -0.4 is 10.6 Å². The van der Waals surface area contributed by atoms with Gasteiger partial charge < -0.3 is 15.5 Å². The Morgan fingerprint density at radius 2 is 1.89 bits per heavy atom. The molecule has 1 saturated heterocycles. The molecule has 0 radical (unpaired) electrons. The summed E-state index contributed by atoms with van der Waals surface area (Å²) in [7, 11) is 5.59. The van der Waals surface area contributed by atoms with Crippen LogP contribution in [-0.2, 0) is 9.59 Å². The highest BCUT2D eigenvalue weighted by Crippen LogP contribution is 2.11. The molecule has 0 aromatic heterocycles. The van der Waals surface area contributed by atoms with Crippen LogP contribution in [0.5, 0.6) is 0 Å². The maximum atomic E-state index is 12.0. The molecular weight excluding hydrogens is 239 g/mol. The van der Waals surface area contributed by atoms with Crippen molar-refractivity contribution in [2.24, 2.45) is 0 Å². The van der Waals surface area contributed by atoms with Gasteiger partial charge in [-0.3, -0.25) is 14.5 Å². The van der Waals surface area contributed by atoms with Gasteiger partial charge in [-0.15, -0.1) is 0 Å². The smallest absolute Gasteiger partial charge is 0.238 e. The first-order valence-electron chi connectivity index (χ1n) is 6.34. The molecule has 0 aliphatic carbocycles. The molecule has 6 heteroatoms. The molecule has 0 saturated carbocycles. The molecule has 1 aliphatic rings. The first kappa shape index (κ1) is 14.9. The van der Waals surface area contributed by atoms with Crippen LogP contribution in [-0.4, -0.2) is 74.5 Å². The van der Waals surface area contributed by atoms with Gasteiger partial charge in [-0.1, -0.05) is 0 Å². The molecule has 0 aromatic carbocycles. The summed E-state index contributed by atoms with van der Waals surface area (Å²) in [6, 6.07) is 0.334. The second-order valence-electron chi connectivity index (χ2n) is 4.96. The second kappa shape index (κ2) is 6.70. The summed E-state index contributed by atoms with van der Waals surface area (Å²) < 4.78 is 0. The first-order valence-corrected chi connectivity index (χ1v) is 6.34. The van der Waals surface area contributed by atoms with E-state index in [1.165, 1.54) is 0 Å². The van der Waals surface area contributed by atoms with Crippen molar-refractivity contribution in [1.29, 1.82) is 0 Å². The molecule has 0 bridgehead atoms. The summed E-state index contributed by atoms with van der Waals surface area (Å²) in [6.45, 7) is 4.14. The van der Waals surface area contributed by atoms with E-state index in [0.717, 1.165) is 13.1 Å². The lowest BCUT2D eigenvalue weighted by atomic mass is 10.2. The van der Waals surface area contributed by atoms with E-state index in [1.807, 2.05) is 14.1 Å². The van der Waals surface area contributed by atoms with Crippen LogP contribution in [0.3, 0.4) is 0 Å². The molecule has 1 heterocycles. The summed E-state index contributed by atoms with van der Waals surface area (Å²) in [5.41, 5.74) is 0. The third kappa shape index (κ3) is 3.96. The zero-order valence-electron chi connectivity index (χ0n) is 11.7. The van der Waals surface area contributed by atoms with Crippen molar-refractivity contribution >= 4 is 11.8 Å². The van der Waals surface area contributed by atoms with E-state index in [9.17, 15) is 9.59 Å². The molecule has 18 heavy (non-hydrogen) atoms. The minimum atomic E-state index is -0.129. The molecule has 6 nitrogen and oxygen atoms in total. The Hall–Kier alpha value is -1.14. The van der Waals surface area contributed by atoms with E-state index in [0.29, 0.717) is 19.0 Å². The normalized spacial score (nSPS) is 25.8. The van der Waals surface area contributed by atoms with Crippen LogP contribution in [0, 0.1) is 0 Å². The van der Waals surface area contributed by atoms with Gasteiger partial charge in [0.1, 0.15) is 6.04 Å². The van der Waals surface area contributed by atoms with E-state index in [4.69, 9.17) is 0 Å². The Balaban J connectivity index is 2.39. The van der Waals surface area contributed by atoms with E-state index in [2.05, 4.69) is 27.4 Å². The highest BCUT2D eigenvalue weighted by molar-refractivity contribution is 5.83. The van der Waals surface area contributed by atoms with E-state index >= 15 is 0 Å². The van der Waals surface area contributed by atoms with Crippen molar-refractivity contribution in [3.63, 3.8) is 0 Å². The van der Waals surface area contributed by atoms with Gasteiger partial charge in [0.15, 0.2) is 0 Å². The van der Waals surface area contributed by atoms with Crippen LogP contribution in [0.25, 0.3) is 0 Å². The topological polar surface area (TPSA) is 64.7 Å². The highest BCUT2D eigenvalue weighted by Gasteiger charge is 2.31. The molecular formula is C12H24N4O2. The van der Waals surface area contributed by atoms with Gasteiger partial charge in [0, 0.05) is 39.1 Å². The Morgan fingerprint density at radius 3 is 2.50 bits per heavy atom. The Morgan fingerprint density at radius 1 is 1.22 bits per heavy atom. The van der Waals surface area contributed by atoms with Crippen LogP contribution in [0.1, 0.15) is 13.3 Å². The molecule has 0 aromatic rings. The zero-order chi connectivity index (χ0) is 13.7. The lowest BCUT2D eigenvalue weighted by Crippen LogP contribution is -2.59. The van der Waals surface area contributed by atoms with E-state index < -0.39 is 0 Å². The van der Waals surface area contributed by atoms with Gasteiger partial charge in [0.05, 0.1) is 0 Å². The number of likely N-dealkylation sites (N-methyl/N-ethyl adjacent to an activating group) is 2. The van der Waals surface area contributed by atoms with Crippen LogP contribution >= 0.6 is 0 Å². The minimum Gasteiger partial charge on any atom is -0.359 e. The number of hydrogen-bond acceptors (Lipinski definition) is 4. The number of amides is 2. The number of carbonyl (C=O) groups excluding carboxylic acids is 2. The highest BCUT2D eigenvalue weighted by atomic mass is 16.3. The maximum absolute atomic E-state index is 12.0. The minimum absolute atomic E-state index is 0.000142. The zero-order valence-corrected chi connectivity index (χ0v) is 11.7. The van der Waals surface area contributed by atoms with Gasteiger partial charge >= 0.3 is 0 Å². The molecule has 1 aliphatic heterocycles. The molecule has 2 amide bonds. The monoisotopic (exact) mass is 263 g/mol. The van der Waals surface area contributed by atoms with Crippen molar-refractivity contribution in [2.75, 3.05) is 40.8 Å². The molecule has 2 unspecified atom stereocenters. The summed E-state index contributed by atoms with van der Waals surface area (Å²) in [4.78, 5) is 27.3. The van der Waals surface area contributed by atoms with Crippen molar-refractivity contribution in [2.45, 2.75) is 25.4 Å². The average molecular weight is 263 g/mol. The summed E-state index contributed by atoms with van der Waals surface area (Å²) in [5, 5.41) is 5.35. The molecule has 1 fully saturated rings. The molecule has 2 N–H and O–H groups in total. The van der Waals surface area contributed by atoms with Crippen LogP contribution in [0.15, 0.2) is 0 Å². The van der Waals surface area contributed by atoms with Crippen LogP contribution in [0.4, 0.5) is 0 Å². The fourth-order valence-corrected chi connectivity index (χ4v) is 2.10. The first-order chi connectivity index (χ1) is 8.45. The Bertz CT molecular complexity index is 308. The summed E-state index contributed by atoms with van der Waals surface area (Å²) in [5.74, 6) is -0.0572. The lowest BCUT2D eigenvalue weighted by Gasteiger charge is -2.41. The van der Waals surface area contributed by atoms with Crippen molar-refractivity contribution in [1.82, 2.24) is 20.4 Å². The average Bonchev–Trinajstić information content (AvgIpc) is 2.33. The number of carbonyl (C=O) groups is 2. The van der Waals surface area contributed by atoms with Crippen molar-refractivity contribution in [3.05, 3.63) is 0 Å². The Kier molecular flexibility index (Phi) is 5.55. The van der Waals surface area contributed by atoms with Crippen molar-refractivity contribution in [3.8, 4) is 0 Å². The number of nitrogens with one attached hydrogen (secondary N) is 2. The van der Waals surface area contributed by atoms with E-state index in [-0.39, 0.29) is 17.9 Å². The van der Waals surface area contributed by atoms with Crippen LogP contribution in [0.2, 0.25) is 0 Å². The quantitative estimate of drug-likeness (QED) is 0.498. The third-order valence-corrected chi connectivity index (χ3v) is 3.53. The molecule has 0 spiro atoms. The molecule has 1 rings (SSSR count). The van der Waals surface area contributed by atoms with Gasteiger partial charge in [-0.25, -0.2) is 0 Å². The second-order valence-corrected chi connectivity index (χ2v) is 4.96. The Labute approximate surface area is 109 Å². The standard InChI is InChI=1S/C12H24N4O2/c1-9-7-16(4)10(8-15(9)3)12(18)14-6-5-11(17)13-2/h9-10H,5-8H2,1-4H3,(H,13,17)(H,14,18)/i2+1,3+1,4+1,11+1,13+1,15+1,16+1. The number of piperazine rings is 1. The molecule has 2 atom stereocenters. The van der Waals surface area contributed by atoms with Gasteiger partial charge in [0.2, 0.25) is 11.8 Å². The SMILES string of the molecule is CC1C[15N]([13CH3])C(C(=O)NCC[13C](=O)[15NH][13CH3])C[15N]1[13CH3]. The van der Waals surface area contributed by atoms with Gasteiger partial charge in [0.25, 0.3) is 0 Å². The summed E-state index contributed by atoms with van der Waals surface area (Å²) in [6.07, 6.45) is 0.324.